The lowest BCUT2D eigenvalue weighted by Crippen LogP contribution is -2.47. The molecular formula is C21H35Cl2N3. The number of piperidine rings is 2. The minimum atomic E-state index is -0.466. The summed E-state index contributed by atoms with van der Waals surface area (Å²) in [5.41, 5.74) is 7.46. The van der Waals surface area contributed by atoms with Gasteiger partial charge in [-0.2, -0.15) is 0 Å². The molecule has 1 aliphatic carbocycles. The minimum Gasteiger partial charge on any atom is -0.330 e. The van der Waals surface area contributed by atoms with Crippen molar-refractivity contribution in [3.05, 3.63) is 22.8 Å². The number of hydrogen-bond acceptors (Lipinski definition) is 3. The summed E-state index contributed by atoms with van der Waals surface area (Å²) in [4.78, 5) is 4.91. The first-order chi connectivity index (χ1) is 12.5. The van der Waals surface area contributed by atoms with Crippen LogP contribution in [0.3, 0.4) is 0 Å². The molecule has 148 valence electrons. The molecule has 0 radical (unpaired) electrons. The molecule has 26 heavy (non-hydrogen) atoms. The van der Waals surface area contributed by atoms with Gasteiger partial charge in [-0.15, -0.1) is 11.6 Å². The number of nitrogens with two attached hydrogens (primary N) is 1. The molecule has 0 saturated carbocycles. The zero-order valence-corrected chi connectivity index (χ0v) is 17.7. The van der Waals surface area contributed by atoms with Crippen molar-refractivity contribution in [1.29, 1.82) is 0 Å². The van der Waals surface area contributed by atoms with E-state index in [1.54, 1.807) is 0 Å². The van der Waals surface area contributed by atoms with Crippen LogP contribution in [0.5, 0.6) is 0 Å². The molecule has 2 saturated heterocycles. The van der Waals surface area contributed by atoms with Crippen LogP contribution in [-0.2, 0) is 0 Å². The fourth-order valence-corrected chi connectivity index (χ4v) is 5.09. The third-order valence-electron chi connectivity index (χ3n) is 6.54. The summed E-state index contributed by atoms with van der Waals surface area (Å²) >= 11 is 12.8. The van der Waals surface area contributed by atoms with Gasteiger partial charge < -0.3 is 15.5 Å². The lowest BCUT2D eigenvalue weighted by atomic mass is 9.84. The van der Waals surface area contributed by atoms with E-state index in [4.69, 9.17) is 28.9 Å². The summed E-state index contributed by atoms with van der Waals surface area (Å²) < 4.78 is 0. The maximum atomic E-state index is 6.56. The highest BCUT2D eigenvalue weighted by Gasteiger charge is 2.31. The number of hydrogen-bond donors (Lipinski definition) is 1. The zero-order valence-electron chi connectivity index (χ0n) is 16.2. The first-order valence-corrected chi connectivity index (χ1v) is 11.2. The van der Waals surface area contributed by atoms with Crippen LogP contribution in [0.1, 0.15) is 51.9 Å². The molecular weight excluding hydrogens is 365 g/mol. The molecule has 2 atom stereocenters. The number of nitrogens with zero attached hydrogens (tertiary/aromatic N) is 2. The van der Waals surface area contributed by atoms with Crippen LogP contribution in [0.2, 0.25) is 0 Å². The van der Waals surface area contributed by atoms with E-state index in [9.17, 15) is 0 Å². The van der Waals surface area contributed by atoms with Crippen molar-refractivity contribution in [1.82, 2.24) is 9.80 Å². The van der Waals surface area contributed by atoms with E-state index in [1.165, 1.54) is 63.9 Å². The maximum Gasteiger partial charge on any atom is 0.0809 e. The Morgan fingerprint density at radius 3 is 2.46 bits per heavy atom. The summed E-state index contributed by atoms with van der Waals surface area (Å²) in [6.45, 7) is 8.94. The predicted molar refractivity (Wildman–Crippen MR) is 113 cm³/mol. The van der Waals surface area contributed by atoms with Crippen LogP contribution >= 0.6 is 23.2 Å². The molecule has 2 unspecified atom stereocenters. The van der Waals surface area contributed by atoms with Crippen molar-refractivity contribution in [3.63, 3.8) is 0 Å². The van der Waals surface area contributed by atoms with Crippen LogP contribution < -0.4 is 5.73 Å². The largest absolute Gasteiger partial charge is 0.330 e. The molecule has 2 N–H and O–H groups in total. The molecule has 2 heterocycles. The van der Waals surface area contributed by atoms with Gasteiger partial charge in [0.15, 0.2) is 0 Å². The summed E-state index contributed by atoms with van der Waals surface area (Å²) in [5.74, 6) is 0.411. The van der Waals surface area contributed by atoms with Crippen molar-refractivity contribution in [3.8, 4) is 0 Å². The third kappa shape index (κ3) is 5.26. The van der Waals surface area contributed by atoms with E-state index >= 15 is 0 Å². The van der Waals surface area contributed by atoms with Gasteiger partial charge in [0.1, 0.15) is 0 Å². The van der Waals surface area contributed by atoms with Crippen molar-refractivity contribution in [2.75, 3.05) is 39.3 Å². The van der Waals surface area contributed by atoms with E-state index in [2.05, 4.69) is 15.9 Å². The second-order valence-electron chi connectivity index (χ2n) is 8.52. The van der Waals surface area contributed by atoms with E-state index in [0.29, 0.717) is 12.5 Å². The number of likely N-dealkylation sites (tertiary alicyclic amines) is 2. The van der Waals surface area contributed by atoms with Crippen molar-refractivity contribution >= 4 is 23.2 Å². The van der Waals surface area contributed by atoms with Gasteiger partial charge in [0, 0.05) is 11.1 Å². The van der Waals surface area contributed by atoms with Gasteiger partial charge in [-0.25, -0.2) is 0 Å². The van der Waals surface area contributed by atoms with Gasteiger partial charge in [-0.1, -0.05) is 29.7 Å². The average Bonchev–Trinajstić information content (AvgIpc) is 2.66. The molecule has 0 aromatic carbocycles. The van der Waals surface area contributed by atoms with Crippen LogP contribution in [0.15, 0.2) is 22.8 Å². The summed E-state index contributed by atoms with van der Waals surface area (Å²) in [6, 6.07) is 0.821. The van der Waals surface area contributed by atoms with Gasteiger partial charge in [0.25, 0.3) is 0 Å². The first kappa shape index (κ1) is 20.7. The van der Waals surface area contributed by atoms with Crippen LogP contribution in [0.25, 0.3) is 0 Å². The van der Waals surface area contributed by atoms with Gasteiger partial charge in [-0.3, -0.25) is 0 Å². The Morgan fingerprint density at radius 2 is 1.85 bits per heavy atom. The van der Waals surface area contributed by atoms with Crippen LogP contribution in [0.4, 0.5) is 0 Å². The molecule has 2 aliphatic heterocycles. The van der Waals surface area contributed by atoms with Crippen molar-refractivity contribution in [2.45, 2.75) is 62.8 Å². The Labute approximate surface area is 169 Å². The Balaban J connectivity index is 1.45. The Morgan fingerprint density at radius 1 is 1.15 bits per heavy atom. The third-order valence-corrected chi connectivity index (χ3v) is 7.52. The predicted octanol–water partition coefficient (Wildman–Crippen LogP) is 4.35. The van der Waals surface area contributed by atoms with Crippen LogP contribution in [0, 0.1) is 5.92 Å². The van der Waals surface area contributed by atoms with E-state index in [1.807, 2.05) is 13.0 Å². The maximum absolute atomic E-state index is 6.56. The molecule has 5 heteroatoms. The highest BCUT2D eigenvalue weighted by atomic mass is 35.5. The lowest BCUT2D eigenvalue weighted by molar-refractivity contribution is 0.0906. The van der Waals surface area contributed by atoms with Gasteiger partial charge >= 0.3 is 0 Å². The van der Waals surface area contributed by atoms with E-state index in [-0.39, 0.29) is 0 Å². The quantitative estimate of drug-likeness (QED) is 0.673. The summed E-state index contributed by atoms with van der Waals surface area (Å²) in [7, 11) is 0. The van der Waals surface area contributed by atoms with Crippen molar-refractivity contribution in [2.24, 2.45) is 11.7 Å². The standard InChI is InChI=1S/C21H35Cl2N3/c1-21(23)15-17(5-6-20(21)22)18(16-24)7-12-25-13-8-19(9-14-25)26-10-3-2-4-11-26/h5-6,18-19H,2-4,7-16,24H2,1H3. The summed E-state index contributed by atoms with van der Waals surface area (Å²) in [5, 5.41) is 0.735. The smallest absolute Gasteiger partial charge is 0.0809 e. The van der Waals surface area contributed by atoms with E-state index in [0.717, 1.165) is 30.5 Å². The molecule has 0 aromatic heterocycles. The molecule has 0 aromatic rings. The molecule has 0 amide bonds. The number of allylic oxidation sites excluding steroid dienone is 3. The lowest BCUT2D eigenvalue weighted by Gasteiger charge is -2.40. The SMILES string of the molecule is CC1(Cl)CC(C(CN)CCN2CCC(N3CCCCC3)CC2)=CC=C1Cl. The summed E-state index contributed by atoms with van der Waals surface area (Å²) in [6.07, 6.45) is 12.9. The zero-order chi connectivity index (χ0) is 18.6. The fraction of sp³-hybridized carbons (Fsp3) is 0.810. The number of halogens is 2. The highest BCUT2D eigenvalue weighted by molar-refractivity contribution is 6.39. The highest BCUT2D eigenvalue weighted by Crippen LogP contribution is 2.40. The van der Waals surface area contributed by atoms with Crippen LogP contribution in [-0.4, -0.2) is 60.0 Å². The molecule has 0 spiro atoms. The molecule has 0 bridgehead atoms. The second-order valence-corrected chi connectivity index (χ2v) is 9.76. The fourth-order valence-electron chi connectivity index (χ4n) is 4.75. The van der Waals surface area contributed by atoms with Gasteiger partial charge in [0.2, 0.25) is 0 Å². The normalized spacial score (nSPS) is 30.8. The van der Waals surface area contributed by atoms with E-state index < -0.39 is 4.87 Å². The Bertz CT molecular complexity index is 515. The Kier molecular flexibility index (Phi) is 7.49. The van der Waals surface area contributed by atoms with Gasteiger partial charge in [0.05, 0.1) is 4.87 Å². The Hall–Kier alpha value is -0.0600. The number of alkyl halides is 1. The van der Waals surface area contributed by atoms with Gasteiger partial charge in [-0.05, 0) is 96.7 Å². The molecule has 2 fully saturated rings. The average molecular weight is 400 g/mol. The minimum absolute atomic E-state index is 0.411. The first-order valence-electron chi connectivity index (χ1n) is 10.4. The van der Waals surface area contributed by atoms with Crippen molar-refractivity contribution < 1.29 is 0 Å². The molecule has 3 aliphatic rings. The topological polar surface area (TPSA) is 32.5 Å². The monoisotopic (exact) mass is 399 g/mol. The number of rotatable bonds is 6. The second kappa shape index (κ2) is 9.43. The molecule has 3 nitrogen and oxygen atoms in total. The molecule has 3 rings (SSSR count).